The molecule has 2 heterocycles. The maximum atomic E-state index is 12.1. The van der Waals surface area contributed by atoms with Gasteiger partial charge >= 0.3 is 0 Å². The van der Waals surface area contributed by atoms with Crippen molar-refractivity contribution in [1.29, 1.82) is 0 Å². The van der Waals surface area contributed by atoms with E-state index in [0.717, 1.165) is 19.3 Å². The number of hydrogen-bond donors (Lipinski definition) is 1. The lowest BCUT2D eigenvalue weighted by molar-refractivity contribution is -0.123. The Balaban J connectivity index is 1.29. The highest BCUT2D eigenvalue weighted by molar-refractivity contribution is 8.21. The summed E-state index contributed by atoms with van der Waals surface area (Å²) in [6.07, 6.45) is 17.7. The van der Waals surface area contributed by atoms with Gasteiger partial charge in [0.2, 0.25) is 0 Å². The molecule has 0 unspecified atom stereocenters. The number of rotatable bonds is 4. The first-order valence-electron chi connectivity index (χ1n) is 14.8. The molecule has 1 aromatic heterocycles. The van der Waals surface area contributed by atoms with Crippen LogP contribution in [0.15, 0.2) is 73.1 Å². The van der Waals surface area contributed by atoms with Gasteiger partial charge in [-0.05, 0) is 104 Å². The molecule has 2 nitrogen and oxygen atoms in total. The van der Waals surface area contributed by atoms with Crippen LogP contribution >= 0.6 is 23.5 Å². The minimum absolute atomic E-state index is 0.0523. The Hall–Kier alpha value is -1.49. The van der Waals surface area contributed by atoms with Gasteiger partial charge in [0, 0.05) is 29.3 Å². The zero-order valence-electron chi connectivity index (χ0n) is 22.6. The van der Waals surface area contributed by atoms with Crippen LogP contribution in [0.5, 0.6) is 0 Å². The molecule has 0 amide bonds. The highest BCUT2D eigenvalue weighted by Gasteiger charge is 2.64. The summed E-state index contributed by atoms with van der Waals surface area (Å²) in [5, 5.41) is 12.1. The summed E-state index contributed by atoms with van der Waals surface area (Å²) < 4.78 is 0.361. The van der Waals surface area contributed by atoms with E-state index in [-0.39, 0.29) is 5.41 Å². The van der Waals surface area contributed by atoms with Gasteiger partial charge in [0.15, 0.2) is 0 Å². The topological polar surface area (TPSA) is 33.1 Å². The third-order valence-electron chi connectivity index (χ3n) is 11.4. The van der Waals surface area contributed by atoms with Gasteiger partial charge in [0.1, 0.15) is 0 Å². The fourth-order valence-corrected chi connectivity index (χ4v) is 12.8. The summed E-state index contributed by atoms with van der Waals surface area (Å²) in [6.45, 7) is 6.49. The highest BCUT2D eigenvalue weighted by atomic mass is 32.2. The number of benzene rings is 1. The van der Waals surface area contributed by atoms with Crippen molar-refractivity contribution in [3.63, 3.8) is 0 Å². The molecular weight excluding hydrogens is 503 g/mol. The Morgan fingerprint density at radius 3 is 2.58 bits per heavy atom. The van der Waals surface area contributed by atoms with Crippen LogP contribution in [0, 0.1) is 29.1 Å². The first-order chi connectivity index (χ1) is 18.5. The fourth-order valence-electron chi connectivity index (χ4n) is 9.61. The summed E-state index contributed by atoms with van der Waals surface area (Å²) in [7, 11) is 0. The standard InChI is InChI=1S/C34H41NOS2/c1-3-14-33(36)15-13-30-28-11-10-25-20-34(37-18-19-38-34)16-12-27(25)31(28)29(21-32(30,33)2)24-8-6-23(7-9-24)26-5-4-17-35-22-26/h3-9,17,20,22,27-31,36H,1,10-16,18-19,21H2,2H3/t27-,28-,29+,30-,31+,32-,33-/m0/s1. The predicted octanol–water partition coefficient (Wildman–Crippen LogP) is 8.50. The molecule has 200 valence electrons. The molecule has 3 saturated carbocycles. The number of fused-ring (bicyclic) bond motifs is 5. The van der Waals surface area contributed by atoms with E-state index in [9.17, 15) is 5.11 Å². The van der Waals surface area contributed by atoms with E-state index in [4.69, 9.17) is 0 Å². The zero-order valence-corrected chi connectivity index (χ0v) is 24.3. The quantitative estimate of drug-likeness (QED) is 0.392. The molecule has 4 fully saturated rings. The van der Waals surface area contributed by atoms with E-state index in [0.29, 0.717) is 33.7 Å². The fraction of sp³-hybridized carbons (Fsp3) is 0.559. The molecule has 4 heteroatoms. The predicted molar refractivity (Wildman–Crippen MR) is 162 cm³/mol. The molecule has 1 N–H and O–H groups in total. The maximum Gasteiger partial charge on any atom is 0.0794 e. The van der Waals surface area contributed by atoms with Crippen LogP contribution in [-0.2, 0) is 0 Å². The summed E-state index contributed by atoms with van der Waals surface area (Å²) in [5.74, 6) is 5.83. The third kappa shape index (κ3) is 3.91. The van der Waals surface area contributed by atoms with Crippen molar-refractivity contribution in [3.8, 4) is 11.1 Å². The number of aromatic nitrogens is 1. The lowest BCUT2D eigenvalue weighted by Gasteiger charge is -2.59. The molecule has 1 aromatic carbocycles. The first kappa shape index (κ1) is 25.5. The largest absolute Gasteiger partial charge is 0.389 e. The summed E-state index contributed by atoms with van der Waals surface area (Å²) in [4.78, 5) is 4.34. The molecule has 4 aliphatic carbocycles. The first-order valence-corrected chi connectivity index (χ1v) is 16.8. The summed E-state index contributed by atoms with van der Waals surface area (Å²) in [6, 6.07) is 13.6. The van der Waals surface area contributed by atoms with Gasteiger partial charge in [-0.3, -0.25) is 4.98 Å². The van der Waals surface area contributed by atoms with Crippen LogP contribution in [0.4, 0.5) is 0 Å². The van der Waals surface area contributed by atoms with Crippen molar-refractivity contribution >= 4 is 23.5 Å². The highest BCUT2D eigenvalue weighted by Crippen LogP contribution is 2.69. The molecule has 7 rings (SSSR count). The summed E-state index contributed by atoms with van der Waals surface area (Å²) in [5.41, 5.74) is 4.99. The number of aliphatic hydroxyl groups is 1. The SMILES string of the molecule is C=CC[C@]1(O)CC[C@H]2[C@@H]3CCC4=CC5(CC[C@@H]4[C@H]3[C@@H](c3ccc(-c4cccnc4)cc3)C[C@@]21C)SCCS5. The normalized spacial score (nSPS) is 39.2. The van der Waals surface area contributed by atoms with Gasteiger partial charge in [0.25, 0.3) is 0 Å². The zero-order chi connectivity index (χ0) is 26.0. The van der Waals surface area contributed by atoms with Crippen LogP contribution < -0.4 is 0 Å². The van der Waals surface area contributed by atoms with Crippen molar-refractivity contribution in [1.82, 2.24) is 4.98 Å². The smallest absolute Gasteiger partial charge is 0.0794 e. The maximum absolute atomic E-state index is 12.1. The Bertz CT molecular complexity index is 1220. The van der Waals surface area contributed by atoms with E-state index in [1.54, 1.807) is 5.57 Å². The molecule has 7 atom stereocenters. The Morgan fingerprint density at radius 1 is 1.03 bits per heavy atom. The number of thioether (sulfide) groups is 2. The lowest BCUT2D eigenvalue weighted by Crippen LogP contribution is -2.55. The van der Waals surface area contributed by atoms with Crippen molar-refractivity contribution < 1.29 is 5.11 Å². The van der Waals surface area contributed by atoms with E-state index >= 15 is 0 Å². The molecule has 2 aromatic rings. The van der Waals surface area contributed by atoms with Crippen LogP contribution in [0.1, 0.15) is 69.8 Å². The molecule has 5 aliphatic rings. The van der Waals surface area contributed by atoms with Crippen molar-refractivity contribution in [2.75, 3.05) is 11.5 Å². The second-order valence-corrected chi connectivity index (χ2v) is 16.0. The third-order valence-corrected chi connectivity index (χ3v) is 14.8. The van der Waals surface area contributed by atoms with Crippen molar-refractivity contribution in [2.45, 2.75) is 73.9 Å². The van der Waals surface area contributed by atoms with Crippen LogP contribution in [0.2, 0.25) is 0 Å². The monoisotopic (exact) mass is 543 g/mol. The van der Waals surface area contributed by atoms with Gasteiger partial charge in [-0.2, -0.15) is 0 Å². The molecular formula is C34H41NOS2. The Labute approximate surface area is 237 Å². The number of nitrogens with zero attached hydrogens (tertiary/aromatic N) is 1. The molecule has 1 spiro atoms. The van der Waals surface area contributed by atoms with Gasteiger partial charge < -0.3 is 5.11 Å². The van der Waals surface area contributed by atoms with E-state index < -0.39 is 5.60 Å². The molecule has 38 heavy (non-hydrogen) atoms. The second-order valence-electron chi connectivity index (χ2n) is 12.9. The molecule has 1 aliphatic heterocycles. The van der Waals surface area contributed by atoms with Gasteiger partial charge in [-0.15, -0.1) is 30.1 Å². The van der Waals surface area contributed by atoms with Crippen LogP contribution in [-0.4, -0.2) is 31.3 Å². The van der Waals surface area contributed by atoms with Crippen LogP contribution in [0.25, 0.3) is 11.1 Å². The summed E-state index contributed by atoms with van der Waals surface area (Å²) >= 11 is 4.41. The van der Waals surface area contributed by atoms with E-state index in [1.807, 2.05) is 24.5 Å². The average molecular weight is 544 g/mol. The van der Waals surface area contributed by atoms with Crippen molar-refractivity contribution in [3.05, 3.63) is 78.7 Å². The van der Waals surface area contributed by atoms with Gasteiger partial charge in [-0.25, -0.2) is 0 Å². The average Bonchev–Trinajstić information content (AvgIpc) is 3.50. The van der Waals surface area contributed by atoms with E-state index in [1.165, 1.54) is 60.3 Å². The van der Waals surface area contributed by atoms with E-state index in [2.05, 4.69) is 78.4 Å². The van der Waals surface area contributed by atoms with Crippen molar-refractivity contribution in [2.24, 2.45) is 29.1 Å². The molecule has 1 saturated heterocycles. The van der Waals surface area contributed by atoms with Crippen LogP contribution in [0.3, 0.4) is 0 Å². The number of hydrogen-bond acceptors (Lipinski definition) is 4. The molecule has 0 bridgehead atoms. The van der Waals surface area contributed by atoms with Gasteiger partial charge in [0.05, 0.1) is 9.68 Å². The lowest BCUT2D eigenvalue weighted by atomic mass is 9.46. The minimum atomic E-state index is -0.623. The van der Waals surface area contributed by atoms with Gasteiger partial charge in [-0.1, -0.05) is 55.0 Å². The Morgan fingerprint density at radius 2 is 1.84 bits per heavy atom. The number of allylic oxidation sites excluding steroid dienone is 1. The molecule has 0 radical (unpaired) electrons. The second kappa shape index (κ2) is 9.56. The Kier molecular flexibility index (Phi) is 6.41. The number of pyridine rings is 1. The minimum Gasteiger partial charge on any atom is -0.389 e.